The molecule has 0 bridgehead atoms. The second-order valence-electron chi connectivity index (χ2n) is 3.12. The zero-order valence-corrected chi connectivity index (χ0v) is 7.91. The van der Waals surface area contributed by atoms with Gasteiger partial charge < -0.3 is 5.11 Å². The number of alkyl halides is 4. The smallest absolute Gasteiger partial charge is 0.335 e. The topological polar surface area (TPSA) is 37.3 Å². The number of carbonyl (C=O) groups is 1. The van der Waals surface area contributed by atoms with Crippen LogP contribution in [-0.4, -0.2) is 23.9 Å². The Bertz CT molecular complexity index is 354. The summed E-state index contributed by atoms with van der Waals surface area (Å²) in [6.07, 6.45) is -6.37. The van der Waals surface area contributed by atoms with Crippen molar-refractivity contribution in [1.82, 2.24) is 0 Å². The Hall–Kier alpha value is -1.59. The van der Waals surface area contributed by atoms with Crippen LogP contribution in [0, 0.1) is 0 Å². The molecule has 0 heterocycles. The summed E-state index contributed by atoms with van der Waals surface area (Å²) < 4.78 is 49.2. The molecule has 0 aliphatic rings. The van der Waals surface area contributed by atoms with Crippen molar-refractivity contribution in [2.75, 3.05) is 0 Å². The molecule has 0 amide bonds. The van der Waals surface area contributed by atoms with Crippen LogP contribution in [0.25, 0.3) is 0 Å². The van der Waals surface area contributed by atoms with Crippen LogP contribution in [0.3, 0.4) is 0 Å². The van der Waals surface area contributed by atoms with E-state index in [4.69, 9.17) is 5.11 Å². The lowest BCUT2D eigenvalue weighted by Gasteiger charge is -2.15. The highest BCUT2D eigenvalue weighted by molar-refractivity contribution is 5.87. The van der Waals surface area contributed by atoms with Crippen LogP contribution in [0.1, 0.15) is 21.8 Å². The molecule has 0 aromatic heterocycles. The molecular formula is C10H8F4O2. The summed E-state index contributed by atoms with van der Waals surface area (Å²) in [6.45, 7) is 0. The van der Waals surface area contributed by atoms with Gasteiger partial charge in [-0.1, -0.05) is 12.1 Å². The SMILES string of the molecule is O=C(O)c1ccc(C(C(F)F)C(F)F)cc1. The molecule has 0 aliphatic carbocycles. The maximum absolute atomic E-state index is 12.3. The first kappa shape index (κ1) is 12.5. The van der Waals surface area contributed by atoms with Gasteiger partial charge in [-0.25, -0.2) is 22.4 Å². The Labute approximate surface area is 88.5 Å². The molecule has 1 aromatic rings. The minimum atomic E-state index is -3.18. The van der Waals surface area contributed by atoms with E-state index < -0.39 is 24.7 Å². The van der Waals surface area contributed by atoms with E-state index in [1.807, 2.05) is 0 Å². The molecule has 1 N–H and O–H groups in total. The van der Waals surface area contributed by atoms with Gasteiger partial charge in [-0.05, 0) is 17.7 Å². The summed E-state index contributed by atoms with van der Waals surface area (Å²) in [5, 5.41) is 8.54. The van der Waals surface area contributed by atoms with E-state index in [0.717, 1.165) is 24.3 Å². The Morgan fingerprint density at radius 3 is 1.75 bits per heavy atom. The molecule has 0 unspecified atom stereocenters. The van der Waals surface area contributed by atoms with E-state index >= 15 is 0 Å². The molecule has 2 nitrogen and oxygen atoms in total. The summed E-state index contributed by atoms with van der Waals surface area (Å²) in [4.78, 5) is 10.5. The summed E-state index contributed by atoms with van der Waals surface area (Å²) in [7, 11) is 0. The molecule has 16 heavy (non-hydrogen) atoms. The molecular weight excluding hydrogens is 228 g/mol. The highest BCUT2D eigenvalue weighted by Crippen LogP contribution is 2.29. The van der Waals surface area contributed by atoms with E-state index in [1.165, 1.54) is 0 Å². The number of hydrogen-bond acceptors (Lipinski definition) is 1. The normalized spacial score (nSPS) is 11.4. The van der Waals surface area contributed by atoms with Crippen LogP contribution in [-0.2, 0) is 0 Å². The first-order chi connectivity index (χ1) is 7.43. The third-order valence-corrected chi connectivity index (χ3v) is 2.09. The lowest BCUT2D eigenvalue weighted by molar-refractivity contribution is 0.0147. The molecule has 0 radical (unpaired) electrons. The average Bonchev–Trinajstić information content (AvgIpc) is 2.17. The third kappa shape index (κ3) is 2.71. The molecule has 88 valence electrons. The Kier molecular flexibility index (Phi) is 3.87. The number of rotatable bonds is 4. The van der Waals surface area contributed by atoms with E-state index in [9.17, 15) is 22.4 Å². The summed E-state index contributed by atoms with van der Waals surface area (Å²) >= 11 is 0. The van der Waals surface area contributed by atoms with Crippen molar-refractivity contribution in [3.63, 3.8) is 0 Å². The maximum atomic E-state index is 12.3. The summed E-state index contributed by atoms with van der Waals surface area (Å²) in [5.74, 6) is -3.42. The molecule has 6 heteroatoms. The van der Waals surface area contributed by atoms with Gasteiger partial charge in [0.05, 0.1) is 5.56 Å². The third-order valence-electron chi connectivity index (χ3n) is 2.09. The minimum Gasteiger partial charge on any atom is -0.478 e. The number of carboxylic acid groups (broad SMARTS) is 1. The van der Waals surface area contributed by atoms with Gasteiger partial charge in [0.15, 0.2) is 0 Å². The highest BCUT2D eigenvalue weighted by atomic mass is 19.3. The van der Waals surface area contributed by atoms with Gasteiger partial charge in [0, 0.05) is 0 Å². The lowest BCUT2D eigenvalue weighted by atomic mass is 9.99. The van der Waals surface area contributed by atoms with Gasteiger partial charge in [-0.15, -0.1) is 0 Å². The van der Waals surface area contributed by atoms with Crippen molar-refractivity contribution in [2.24, 2.45) is 0 Å². The molecule has 0 aliphatic heterocycles. The molecule has 0 atom stereocenters. The standard InChI is InChI=1S/C10H8F4O2/c11-8(12)7(9(13)14)5-1-3-6(4-2-5)10(15)16/h1-4,7-9H,(H,15,16). The Morgan fingerprint density at radius 1 is 1.00 bits per heavy atom. The number of carboxylic acids is 1. The second kappa shape index (κ2) is 4.96. The van der Waals surface area contributed by atoms with Gasteiger partial charge >= 0.3 is 5.97 Å². The Balaban J connectivity index is 2.99. The second-order valence-corrected chi connectivity index (χ2v) is 3.12. The van der Waals surface area contributed by atoms with E-state index in [-0.39, 0.29) is 11.1 Å². The van der Waals surface area contributed by atoms with Crippen molar-refractivity contribution >= 4 is 5.97 Å². The zero-order chi connectivity index (χ0) is 12.3. The molecule has 1 aromatic carbocycles. The minimum absolute atomic E-state index is 0.133. The predicted octanol–water partition coefficient (Wildman–Crippen LogP) is 3.00. The van der Waals surface area contributed by atoms with Gasteiger partial charge in [0.1, 0.15) is 5.92 Å². The maximum Gasteiger partial charge on any atom is 0.335 e. The van der Waals surface area contributed by atoms with Crippen LogP contribution < -0.4 is 0 Å². The fourth-order valence-electron chi connectivity index (χ4n) is 1.25. The fourth-order valence-corrected chi connectivity index (χ4v) is 1.25. The van der Waals surface area contributed by atoms with Crippen molar-refractivity contribution in [3.8, 4) is 0 Å². The van der Waals surface area contributed by atoms with E-state index in [1.54, 1.807) is 0 Å². The summed E-state index contributed by atoms with van der Waals surface area (Å²) in [6, 6.07) is 4.00. The number of benzene rings is 1. The Morgan fingerprint density at radius 2 is 1.44 bits per heavy atom. The molecule has 0 saturated carbocycles. The quantitative estimate of drug-likeness (QED) is 0.816. The van der Waals surface area contributed by atoms with E-state index in [0.29, 0.717) is 0 Å². The number of halogens is 4. The van der Waals surface area contributed by atoms with Crippen LogP contribution in [0.4, 0.5) is 17.6 Å². The van der Waals surface area contributed by atoms with Gasteiger partial charge in [-0.3, -0.25) is 0 Å². The van der Waals surface area contributed by atoms with Crippen molar-refractivity contribution < 1.29 is 27.5 Å². The lowest BCUT2D eigenvalue weighted by Crippen LogP contribution is -2.17. The molecule has 1 rings (SSSR count). The predicted molar refractivity (Wildman–Crippen MR) is 48.2 cm³/mol. The zero-order valence-electron chi connectivity index (χ0n) is 7.91. The van der Waals surface area contributed by atoms with Gasteiger partial charge in [0.25, 0.3) is 12.9 Å². The van der Waals surface area contributed by atoms with Crippen LogP contribution >= 0.6 is 0 Å². The fraction of sp³-hybridized carbons (Fsp3) is 0.300. The first-order valence-electron chi connectivity index (χ1n) is 4.33. The summed E-state index contributed by atoms with van der Waals surface area (Å²) in [5.41, 5.74) is -0.402. The molecule has 0 saturated heterocycles. The largest absolute Gasteiger partial charge is 0.478 e. The number of hydrogen-bond donors (Lipinski definition) is 1. The van der Waals surface area contributed by atoms with Crippen molar-refractivity contribution in [1.29, 1.82) is 0 Å². The monoisotopic (exact) mass is 236 g/mol. The molecule has 0 fully saturated rings. The van der Waals surface area contributed by atoms with Crippen LogP contribution in [0.5, 0.6) is 0 Å². The van der Waals surface area contributed by atoms with Crippen LogP contribution in [0.2, 0.25) is 0 Å². The highest BCUT2D eigenvalue weighted by Gasteiger charge is 2.31. The molecule has 0 spiro atoms. The van der Waals surface area contributed by atoms with Crippen molar-refractivity contribution in [2.45, 2.75) is 18.8 Å². The average molecular weight is 236 g/mol. The number of aromatic carboxylic acids is 1. The van der Waals surface area contributed by atoms with Crippen molar-refractivity contribution in [3.05, 3.63) is 35.4 Å². The van der Waals surface area contributed by atoms with Gasteiger partial charge in [0.2, 0.25) is 0 Å². The first-order valence-corrected chi connectivity index (χ1v) is 4.33. The van der Waals surface area contributed by atoms with Crippen LogP contribution in [0.15, 0.2) is 24.3 Å². The van der Waals surface area contributed by atoms with E-state index in [2.05, 4.69) is 0 Å². The van der Waals surface area contributed by atoms with Gasteiger partial charge in [-0.2, -0.15) is 0 Å².